The van der Waals surface area contributed by atoms with Crippen molar-refractivity contribution < 1.29 is 0 Å². The molecule has 2 nitrogen and oxygen atoms in total. The molecule has 0 N–H and O–H groups in total. The van der Waals surface area contributed by atoms with E-state index in [0.29, 0.717) is 0 Å². The standard InChI is InChI=1S/C31H25N2P/c1-5-13-27(14-6-1)32-25-26-21-23-28(24-22-26)33-34(29-15-7-2-8-16-29,30-17-9-3-10-18-30)31-19-11-4-12-20-31/h1-25H. The third-order valence-electron chi connectivity index (χ3n) is 5.67. The quantitative estimate of drug-likeness (QED) is 0.190. The molecular weight excluding hydrogens is 431 g/mol. The van der Waals surface area contributed by atoms with Gasteiger partial charge in [0.05, 0.1) is 18.4 Å². The van der Waals surface area contributed by atoms with Gasteiger partial charge in [-0.2, -0.15) is 0 Å². The molecule has 0 saturated heterocycles. The van der Waals surface area contributed by atoms with Crippen molar-refractivity contribution in [3.63, 3.8) is 0 Å². The van der Waals surface area contributed by atoms with E-state index >= 15 is 0 Å². The molecule has 0 radical (unpaired) electrons. The van der Waals surface area contributed by atoms with Crippen LogP contribution in [0.15, 0.2) is 155 Å². The summed E-state index contributed by atoms with van der Waals surface area (Å²) in [5.41, 5.74) is 2.95. The Labute approximate surface area is 201 Å². The van der Waals surface area contributed by atoms with Gasteiger partial charge < -0.3 is 0 Å². The maximum atomic E-state index is 5.53. The van der Waals surface area contributed by atoms with E-state index in [1.165, 1.54) is 15.9 Å². The summed E-state index contributed by atoms with van der Waals surface area (Å²) in [6.45, 7) is 0. The number of rotatable bonds is 6. The predicted octanol–water partition coefficient (Wildman–Crippen LogP) is 7.25. The Balaban J connectivity index is 1.65. The largest absolute Gasteiger partial charge is 0.256 e. The van der Waals surface area contributed by atoms with Crippen LogP contribution in [0.4, 0.5) is 11.4 Å². The first-order chi connectivity index (χ1) is 16.8. The number of benzene rings is 5. The molecule has 0 aromatic heterocycles. The second-order valence-corrected chi connectivity index (χ2v) is 10.9. The molecular formula is C31H25N2P. The lowest BCUT2D eigenvalue weighted by Crippen LogP contribution is -2.25. The first-order valence-corrected chi connectivity index (χ1v) is 13.1. The zero-order chi connectivity index (χ0) is 23.1. The molecule has 0 spiro atoms. The average Bonchev–Trinajstić information content (AvgIpc) is 2.93. The van der Waals surface area contributed by atoms with Crippen LogP contribution in [0.1, 0.15) is 5.56 Å². The lowest BCUT2D eigenvalue weighted by molar-refractivity contribution is 1.51. The molecule has 5 aromatic rings. The molecule has 5 aromatic carbocycles. The Bertz CT molecular complexity index is 1310. The summed E-state index contributed by atoms with van der Waals surface area (Å²) in [4.78, 5) is 4.57. The molecule has 0 atom stereocenters. The van der Waals surface area contributed by atoms with Crippen molar-refractivity contribution in [3.05, 3.63) is 151 Å². The average molecular weight is 457 g/mol. The van der Waals surface area contributed by atoms with E-state index in [4.69, 9.17) is 4.74 Å². The van der Waals surface area contributed by atoms with Crippen LogP contribution in [0, 0.1) is 0 Å². The molecule has 0 heterocycles. The molecule has 0 saturated carbocycles. The SMILES string of the molecule is C(=Nc1ccccc1)c1ccc(N=P(c2ccccc2)(c2ccccc2)c2ccccc2)cc1. The highest BCUT2D eigenvalue weighted by Crippen LogP contribution is 2.49. The van der Waals surface area contributed by atoms with E-state index in [1.54, 1.807) is 0 Å². The summed E-state index contributed by atoms with van der Waals surface area (Å²) in [5.74, 6) is 0. The molecule has 0 aliphatic heterocycles. The van der Waals surface area contributed by atoms with Crippen LogP contribution < -0.4 is 15.9 Å². The maximum Gasteiger partial charge on any atom is 0.0629 e. The van der Waals surface area contributed by atoms with E-state index in [2.05, 4.69) is 120 Å². The molecule has 0 aliphatic rings. The first-order valence-electron chi connectivity index (χ1n) is 11.3. The zero-order valence-electron chi connectivity index (χ0n) is 18.8. The van der Waals surface area contributed by atoms with Gasteiger partial charge in [-0.15, -0.1) is 0 Å². The Kier molecular flexibility index (Phi) is 6.61. The molecule has 164 valence electrons. The van der Waals surface area contributed by atoms with Crippen LogP contribution >= 0.6 is 7.05 Å². The smallest absolute Gasteiger partial charge is 0.0629 e. The Hall–Kier alpha value is -4.00. The topological polar surface area (TPSA) is 24.7 Å². The fraction of sp³-hybridized carbons (Fsp3) is 0. The van der Waals surface area contributed by atoms with Gasteiger partial charge in [0.2, 0.25) is 0 Å². The van der Waals surface area contributed by atoms with Crippen molar-refractivity contribution in [2.75, 3.05) is 0 Å². The van der Waals surface area contributed by atoms with Gasteiger partial charge in [0.15, 0.2) is 0 Å². The van der Waals surface area contributed by atoms with Gasteiger partial charge in [0.25, 0.3) is 0 Å². The minimum atomic E-state index is -2.26. The predicted molar refractivity (Wildman–Crippen MR) is 147 cm³/mol. The van der Waals surface area contributed by atoms with Crippen molar-refractivity contribution in [3.8, 4) is 0 Å². The molecule has 5 rings (SSSR count). The van der Waals surface area contributed by atoms with Gasteiger partial charge in [-0.3, -0.25) is 9.74 Å². The van der Waals surface area contributed by atoms with E-state index in [9.17, 15) is 0 Å². The Morgan fingerprint density at radius 2 is 0.824 bits per heavy atom. The van der Waals surface area contributed by atoms with Crippen LogP contribution in [0.2, 0.25) is 0 Å². The van der Waals surface area contributed by atoms with Crippen molar-refractivity contribution in [2.45, 2.75) is 0 Å². The van der Waals surface area contributed by atoms with Crippen LogP contribution in [-0.4, -0.2) is 6.21 Å². The van der Waals surface area contributed by atoms with Crippen molar-refractivity contribution in [1.29, 1.82) is 0 Å². The first kappa shape index (κ1) is 21.8. The Morgan fingerprint density at radius 3 is 1.26 bits per heavy atom. The highest BCUT2D eigenvalue weighted by Gasteiger charge is 2.27. The number of hydrogen-bond donors (Lipinski definition) is 0. The number of para-hydroxylation sites is 1. The van der Waals surface area contributed by atoms with E-state index in [1.807, 2.05) is 36.5 Å². The van der Waals surface area contributed by atoms with Crippen LogP contribution in [0.25, 0.3) is 0 Å². The van der Waals surface area contributed by atoms with Crippen LogP contribution in [0.5, 0.6) is 0 Å². The molecule has 34 heavy (non-hydrogen) atoms. The fourth-order valence-corrected chi connectivity index (χ4v) is 7.55. The number of hydrogen-bond acceptors (Lipinski definition) is 2. The van der Waals surface area contributed by atoms with Crippen LogP contribution in [0.3, 0.4) is 0 Å². The summed E-state index contributed by atoms with van der Waals surface area (Å²) in [5, 5.41) is 3.71. The van der Waals surface area contributed by atoms with Gasteiger partial charge in [0, 0.05) is 22.1 Å². The summed E-state index contributed by atoms with van der Waals surface area (Å²) in [6, 6.07) is 50.4. The summed E-state index contributed by atoms with van der Waals surface area (Å²) < 4.78 is 5.53. The molecule has 0 unspecified atom stereocenters. The van der Waals surface area contributed by atoms with Gasteiger partial charge >= 0.3 is 0 Å². The summed E-state index contributed by atoms with van der Waals surface area (Å²) in [7, 11) is -2.26. The highest BCUT2D eigenvalue weighted by atomic mass is 31.2. The fourth-order valence-electron chi connectivity index (χ4n) is 4.02. The third kappa shape index (κ3) is 4.69. The molecule has 0 fully saturated rings. The highest BCUT2D eigenvalue weighted by molar-refractivity contribution is 7.87. The second-order valence-electron chi connectivity index (χ2n) is 7.93. The van der Waals surface area contributed by atoms with E-state index in [0.717, 1.165) is 16.9 Å². The van der Waals surface area contributed by atoms with Gasteiger partial charge in [-0.05, 0) is 29.8 Å². The molecule has 0 aliphatic carbocycles. The minimum absolute atomic E-state index is 0.943. The molecule has 0 bridgehead atoms. The number of aliphatic imine (C=N–C) groups is 1. The van der Waals surface area contributed by atoms with Gasteiger partial charge in [-0.1, -0.05) is 121 Å². The third-order valence-corrected chi connectivity index (χ3v) is 9.33. The van der Waals surface area contributed by atoms with E-state index < -0.39 is 7.05 Å². The van der Waals surface area contributed by atoms with Crippen LogP contribution in [-0.2, 0) is 0 Å². The molecule has 0 amide bonds. The number of nitrogens with zero attached hydrogens (tertiary/aromatic N) is 2. The van der Waals surface area contributed by atoms with E-state index in [-0.39, 0.29) is 0 Å². The molecule has 3 heteroatoms. The minimum Gasteiger partial charge on any atom is -0.256 e. The lowest BCUT2D eigenvalue weighted by Gasteiger charge is -2.27. The summed E-state index contributed by atoms with van der Waals surface area (Å²) >= 11 is 0. The second kappa shape index (κ2) is 10.3. The monoisotopic (exact) mass is 456 g/mol. The summed E-state index contributed by atoms with van der Waals surface area (Å²) in [6.07, 6.45) is 1.90. The van der Waals surface area contributed by atoms with Gasteiger partial charge in [0.1, 0.15) is 0 Å². The van der Waals surface area contributed by atoms with Crippen molar-refractivity contribution in [2.24, 2.45) is 9.74 Å². The lowest BCUT2D eigenvalue weighted by atomic mass is 10.2. The van der Waals surface area contributed by atoms with Crippen molar-refractivity contribution in [1.82, 2.24) is 0 Å². The zero-order valence-corrected chi connectivity index (χ0v) is 19.7. The maximum absolute atomic E-state index is 5.53. The normalized spacial score (nSPS) is 11.4. The Morgan fingerprint density at radius 1 is 0.412 bits per heavy atom. The van der Waals surface area contributed by atoms with Gasteiger partial charge in [-0.25, -0.2) is 0 Å². The van der Waals surface area contributed by atoms with Crippen molar-refractivity contribution >= 4 is 40.6 Å².